The van der Waals surface area contributed by atoms with Crippen molar-refractivity contribution in [2.75, 3.05) is 26.7 Å². The molecule has 2 heteroatoms. The van der Waals surface area contributed by atoms with Crippen LogP contribution in [0, 0.1) is 11.3 Å². The molecule has 1 unspecified atom stereocenters. The summed E-state index contributed by atoms with van der Waals surface area (Å²) >= 11 is 0. The number of nitrogens with zero attached hydrogens (tertiary/aromatic N) is 1. The Labute approximate surface area is 94.4 Å². The first-order valence-electron chi connectivity index (χ1n) is 6.55. The third-order valence-electron chi connectivity index (χ3n) is 4.50. The van der Waals surface area contributed by atoms with Crippen molar-refractivity contribution in [3.8, 4) is 0 Å². The van der Waals surface area contributed by atoms with Crippen LogP contribution in [0.2, 0.25) is 0 Å². The van der Waals surface area contributed by atoms with Crippen LogP contribution in [0.4, 0.5) is 0 Å². The summed E-state index contributed by atoms with van der Waals surface area (Å²) in [4.78, 5) is 2.62. The van der Waals surface area contributed by atoms with Crippen molar-refractivity contribution >= 4 is 0 Å². The molecule has 2 aliphatic rings. The molecular formula is C13H26N2. The van der Waals surface area contributed by atoms with Gasteiger partial charge >= 0.3 is 0 Å². The highest BCUT2D eigenvalue weighted by molar-refractivity contribution is 5.00. The van der Waals surface area contributed by atoms with Crippen LogP contribution in [0.5, 0.6) is 0 Å². The lowest BCUT2D eigenvalue weighted by Crippen LogP contribution is -2.45. The summed E-state index contributed by atoms with van der Waals surface area (Å²) in [6.07, 6.45) is 5.61. The zero-order valence-corrected chi connectivity index (χ0v) is 10.6. The van der Waals surface area contributed by atoms with Crippen molar-refractivity contribution in [3.05, 3.63) is 0 Å². The van der Waals surface area contributed by atoms with Crippen molar-refractivity contribution in [1.82, 2.24) is 10.2 Å². The minimum absolute atomic E-state index is 0.657. The molecule has 1 N–H and O–H groups in total. The highest BCUT2D eigenvalue weighted by Crippen LogP contribution is 2.45. The van der Waals surface area contributed by atoms with Gasteiger partial charge < -0.3 is 10.2 Å². The van der Waals surface area contributed by atoms with Gasteiger partial charge in [-0.3, -0.25) is 0 Å². The average molecular weight is 210 g/mol. The third kappa shape index (κ3) is 2.21. The summed E-state index contributed by atoms with van der Waals surface area (Å²) in [6.45, 7) is 8.52. The number of hydrogen-bond acceptors (Lipinski definition) is 2. The molecule has 1 spiro atoms. The predicted molar refractivity (Wildman–Crippen MR) is 65.0 cm³/mol. The zero-order valence-electron chi connectivity index (χ0n) is 10.6. The first-order chi connectivity index (χ1) is 7.14. The highest BCUT2D eigenvalue weighted by Gasteiger charge is 2.45. The lowest BCUT2D eigenvalue weighted by Gasteiger charge is -2.41. The van der Waals surface area contributed by atoms with Crippen molar-refractivity contribution in [2.45, 2.75) is 45.6 Å². The molecule has 2 saturated heterocycles. The number of rotatable bonds is 2. The molecule has 0 amide bonds. The maximum Gasteiger partial charge on any atom is 0.0152 e. The third-order valence-corrected chi connectivity index (χ3v) is 4.50. The normalized spacial score (nSPS) is 31.6. The average Bonchev–Trinajstić information content (AvgIpc) is 2.48. The van der Waals surface area contributed by atoms with Crippen molar-refractivity contribution in [3.63, 3.8) is 0 Å². The first kappa shape index (κ1) is 11.4. The van der Waals surface area contributed by atoms with Gasteiger partial charge in [-0.1, -0.05) is 13.8 Å². The molecule has 1 atom stereocenters. The Kier molecular flexibility index (Phi) is 3.36. The standard InChI is InChI=1S/C13H26N2/c1-11(2)10-12-13(6-9-15(12)3)4-7-14-8-5-13/h11-12,14H,4-10H2,1-3H3. The molecule has 0 bridgehead atoms. The van der Waals surface area contributed by atoms with E-state index in [1.807, 2.05) is 0 Å². The number of piperidine rings is 1. The molecule has 0 aromatic rings. The second-order valence-electron chi connectivity index (χ2n) is 5.99. The predicted octanol–water partition coefficient (Wildman–Crippen LogP) is 2.11. The first-order valence-corrected chi connectivity index (χ1v) is 6.55. The van der Waals surface area contributed by atoms with Gasteiger partial charge in [0.05, 0.1) is 0 Å². The van der Waals surface area contributed by atoms with Crippen LogP contribution in [0.25, 0.3) is 0 Å². The van der Waals surface area contributed by atoms with Gasteiger partial charge in [-0.15, -0.1) is 0 Å². The summed E-state index contributed by atoms with van der Waals surface area (Å²) < 4.78 is 0. The smallest absolute Gasteiger partial charge is 0.0152 e. The topological polar surface area (TPSA) is 15.3 Å². The van der Waals surface area contributed by atoms with E-state index < -0.39 is 0 Å². The fraction of sp³-hybridized carbons (Fsp3) is 1.00. The van der Waals surface area contributed by atoms with Gasteiger partial charge in [0.2, 0.25) is 0 Å². The summed E-state index contributed by atoms with van der Waals surface area (Å²) in [5, 5.41) is 3.51. The fourth-order valence-corrected chi connectivity index (χ4v) is 3.57. The van der Waals surface area contributed by atoms with Gasteiger partial charge in [0.1, 0.15) is 0 Å². The Morgan fingerprint density at radius 3 is 2.53 bits per heavy atom. The SMILES string of the molecule is CC(C)CC1N(C)CCC12CCNCC2. The largest absolute Gasteiger partial charge is 0.317 e. The van der Waals surface area contributed by atoms with E-state index in [0.29, 0.717) is 5.41 Å². The molecule has 2 heterocycles. The van der Waals surface area contributed by atoms with Gasteiger partial charge in [0.15, 0.2) is 0 Å². The molecular weight excluding hydrogens is 184 g/mol. The van der Waals surface area contributed by atoms with Gasteiger partial charge in [0, 0.05) is 6.04 Å². The van der Waals surface area contributed by atoms with E-state index in [1.165, 1.54) is 45.3 Å². The molecule has 15 heavy (non-hydrogen) atoms. The Bertz CT molecular complexity index is 201. The van der Waals surface area contributed by atoms with Crippen molar-refractivity contribution in [1.29, 1.82) is 0 Å². The lowest BCUT2D eigenvalue weighted by molar-refractivity contribution is 0.111. The summed E-state index contributed by atoms with van der Waals surface area (Å²) in [5.74, 6) is 0.835. The number of nitrogens with one attached hydrogen (secondary N) is 1. The molecule has 2 fully saturated rings. The van der Waals surface area contributed by atoms with E-state index in [2.05, 4.69) is 31.1 Å². The Hall–Kier alpha value is -0.0800. The molecule has 0 radical (unpaired) electrons. The molecule has 2 aliphatic heterocycles. The van der Waals surface area contributed by atoms with Crippen LogP contribution < -0.4 is 5.32 Å². The van der Waals surface area contributed by atoms with Gasteiger partial charge in [-0.05, 0) is 63.7 Å². The molecule has 0 aromatic heterocycles. The minimum Gasteiger partial charge on any atom is -0.317 e. The molecule has 0 aliphatic carbocycles. The van der Waals surface area contributed by atoms with E-state index in [-0.39, 0.29) is 0 Å². The van der Waals surface area contributed by atoms with Crippen LogP contribution in [-0.2, 0) is 0 Å². The minimum atomic E-state index is 0.657. The van der Waals surface area contributed by atoms with Crippen molar-refractivity contribution in [2.24, 2.45) is 11.3 Å². The van der Waals surface area contributed by atoms with Crippen LogP contribution in [0.1, 0.15) is 39.5 Å². The quantitative estimate of drug-likeness (QED) is 0.751. The van der Waals surface area contributed by atoms with E-state index in [9.17, 15) is 0 Å². The second-order valence-corrected chi connectivity index (χ2v) is 5.99. The molecule has 0 aromatic carbocycles. The number of likely N-dealkylation sites (tertiary alicyclic amines) is 1. The molecule has 88 valence electrons. The molecule has 2 nitrogen and oxygen atoms in total. The summed E-state index contributed by atoms with van der Waals surface area (Å²) in [5.41, 5.74) is 0.657. The van der Waals surface area contributed by atoms with Crippen molar-refractivity contribution < 1.29 is 0 Å². The van der Waals surface area contributed by atoms with E-state index in [4.69, 9.17) is 0 Å². The van der Waals surface area contributed by atoms with Crippen LogP contribution in [-0.4, -0.2) is 37.6 Å². The summed E-state index contributed by atoms with van der Waals surface area (Å²) in [6, 6.07) is 0.847. The Morgan fingerprint density at radius 2 is 1.93 bits per heavy atom. The highest BCUT2D eigenvalue weighted by atomic mass is 15.2. The maximum absolute atomic E-state index is 3.51. The molecule has 0 saturated carbocycles. The monoisotopic (exact) mass is 210 g/mol. The van der Waals surface area contributed by atoms with E-state index in [0.717, 1.165) is 12.0 Å². The van der Waals surface area contributed by atoms with Gasteiger partial charge in [-0.2, -0.15) is 0 Å². The van der Waals surface area contributed by atoms with Crippen LogP contribution >= 0.6 is 0 Å². The molecule has 2 rings (SSSR count). The fourth-order valence-electron chi connectivity index (χ4n) is 3.57. The Morgan fingerprint density at radius 1 is 1.27 bits per heavy atom. The number of hydrogen-bond donors (Lipinski definition) is 1. The van der Waals surface area contributed by atoms with E-state index >= 15 is 0 Å². The van der Waals surface area contributed by atoms with Gasteiger partial charge in [-0.25, -0.2) is 0 Å². The summed E-state index contributed by atoms with van der Waals surface area (Å²) in [7, 11) is 2.32. The van der Waals surface area contributed by atoms with Crippen LogP contribution in [0.15, 0.2) is 0 Å². The maximum atomic E-state index is 3.51. The van der Waals surface area contributed by atoms with Crippen LogP contribution in [0.3, 0.4) is 0 Å². The zero-order chi connectivity index (χ0) is 10.9. The lowest BCUT2D eigenvalue weighted by atomic mass is 9.71. The Balaban J connectivity index is 2.08. The second kappa shape index (κ2) is 4.42. The van der Waals surface area contributed by atoms with E-state index in [1.54, 1.807) is 0 Å². The van der Waals surface area contributed by atoms with Gasteiger partial charge in [0.25, 0.3) is 0 Å².